The van der Waals surface area contributed by atoms with Crippen LogP contribution >= 0.6 is 27.3 Å². The lowest BCUT2D eigenvalue weighted by atomic mass is 10.2. The minimum absolute atomic E-state index is 0.789. The van der Waals surface area contributed by atoms with Crippen LogP contribution in [0.2, 0.25) is 0 Å². The van der Waals surface area contributed by atoms with E-state index < -0.39 is 0 Å². The highest BCUT2D eigenvalue weighted by Gasteiger charge is 2.20. The van der Waals surface area contributed by atoms with E-state index in [-0.39, 0.29) is 0 Å². The summed E-state index contributed by atoms with van der Waals surface area (Å²) in [6, 6.07) is 5.99. The molecule has 0 unspecified atom stereocenters. The molecule has 2 aromatic rings. The zero-order valence-corrected chi connectivity index (χ0v) is 12.8. The number of hydrogen-bond donors (Lipinski definition) is 1. The molecule has 1 aliphatic rings. The Morgan fingerprint density at radius 3 is 2.53 bits per heavy atom. The first kappa shape index (κ1) is 12.7. The van der Waals surface area contributed by atoms with Gasteiger partial charge in [-0.3, -0.25) is 0 Å². The Bertz CT molecular complexity index is 550. The number of thiazole rings is 1. The molecule has 1 saturated heterocycles. The average Bonchev–Trinajstić information content (AvgIpc) is 2.93. The number of nitrogens with zero attached hydrogens (tertiary/aromatic N) is 3. The molecular weight excluding hydrogens is 324 g/mol. The maximum Gasteiger partial charge on any atom is 0.185 e. The predicted octanol–water partition coefficient (Wildman–Crippen LogP) is 2.81. The molecule has 0 spiro atoms. The standard InChI is InChI=1S/C13H15BrN4S/c14-11-9-10(15)1-2-12(11)17-4-6-18(7-5-17)13-16-3-8-19-13/h1-3,8-9H,4-7,15H2. The molecule has 1 aliphatic heterocycles. The topological polar surface area (TPSA) is 45.4 Å². The van der Waals surface area contributed by atoms with Gasteiger partial charge in [0, 0.05) is 47.9 Å². The molecule has 0 amide bonds. The van der Waals surface area contributed by atoms with E-state index in [0.717, 1.165) is 41.5 Å². The zero-order chi connectivity index (χ0) is 13.2. The van der Waals surface area contributed by atoms with Crippen molar-refractivity contribution in [2.45, 2.75) is 0 Å². The fraction of sp³-hybridized carbons (Fsp3) is 0.308. The van der Waals surface area contributed by atoms with Crippen LogP contribution in [0.4, 0.5) is 16.5 Å². The summed E-state index contributed by atoms with van der Waals surface area (Å²) in [5.74, 6) is 0. The van der Waals surface area contributed by atoms with Gasteiger partial charge in [-0.05, 0) is 34.1 Å². The van der Waals surface area contributed by atoms with Crippen LogP contribution in [0, 0.1) is 0 Å². The van der Waals surface area contributed by atoms with Crippen LogP contribution in [0.15, 0.2) is 34.2 Å². The van der Waals surface area contributed by atoms with E-state index in [4.69, 9.17) is 5.73 Å². The van der Waals surface area contributed by atoms with Gasteiger partial charge in [-0.1, -0.05) is 0 Å². The Kier molecular flexibility index (Phi) is 3.61. The third-order valence-electron chi connectivity index (χ3n) is 3.28. The van der Waals surface area contributed by atoms with Crippen molar-refractivity contribution in [1.29, 1.82) is 0 Å². The van der Waals surface area contributed by atoms with Gasteiger partial charge in [-0.25, -0.2) is 4.98 Å². The third-order valence-corrected chi connectivity index (χ3v) is 4.75. The molecule has 0 saturated carbocycles. The average molecular weight is 339 g/mol. The Balaban J connectivity index is 1.70. The van der Waals surface area contributed by atoms with Crippen molar-refractivity contribution in [2.75, 3.05) is 41.7 Å². The van der Waals surface area contributed by atoms with Crippen LogP contribution in [-0.2, 0) is 0 Å². The van der Waals surface area contributed by atoms with E-state index in [1.807, 2.05) is 23.7 Å². The Labute approximate surface area is 125 Å². The number of anilines is 3. The highest BCUT2D eigenvalue weighted by Crippen LogP contribution is 2.29. The SMILES string of the molecule is Nc1ccc(N2CCN(c3nccs3)CC2)c(Br)c1. The second-order valence-corrected chi connectivity index (χ2v) is 6.23. The number of piperazine rings is 1. The van der Waals surface area contributed by atoms with Crippen LogP contribution in [0.1, 0.15) is 0 Å². The molecule has 2 N–H and O–H groups in total. The monoisotopic (exact) mass is 338 g/mol. The molecule has 1 aromatic carbocycles. The maximum absolute atomic E-state index is 5.78. The minimum atomic E-state index is 0.789. The second-order valence-electron chi connectivity index (χ2n) is 4.50. The summed E-state index contributed by atoms with van der Waals surface area (Å²) >= 11 is 5.29. The molecule has 3 rings (SSSR count). The molecule has 100 valence electrons. The van der Waals surface area contributed by atoms with Gasteiger partial charge in [0.1, 0.15) is 0 Å². The molecule has 0 aliphatic carbocycles. The number of hydrogen-bond acceptors (Lipinski definition) is 5. The van der Waals surface area contributed by atoms with Crippen LogP contribution in [0.3, 0.4) is 0 Å². The first-order valence-corrected chi connectivity index (χ1v) is 7.86. The lowest BCUT2D eigenvalue weighted by Gasteiger charge is -2.36. The molecular formula is C13H15BrN4S. The number of aromatic nitrogens is 1. The normalized spacial score (nSPS) is 15.8. The zero-order valence-electron chi connectivity index (χ0n) is 10.4. The van der Waals surface area contributed by atoms with E-state index in [1.165, 1.54) is 5.69 Å². The number of benzene rings is 1. The van der Waals surface area contributed by atoms with E-state index in [9.17, 15) is 0 Å². The second kappa shape index (κ2) is 5.38. The molecule has 6 heteroatoms. The molecule has 1 fully saturated rings. The van der Waals surface area contributed by atoms with Crippen molar-refractivity contribution in [1.82, 2.24) is 4.98 Å². The summed E-state index contributed by atoms with van der Waals surface area (Å²) in [6.07, 6.45) is 1.86. The summed E-state index contributed by atoms with van der Waals surface area (Å²) in [5, 5.41) is 3.15. The molecule has 1 aromatic heterocycles. The van der Waals surface area contributed by atoms with Gasteiger partial charge >= 0.3 is 0 Å². The highest BCUT2D eigenvalue weighted by atomic mass is 79.9. The summed E-state index contributed by atoms with van der Waals surface area (Å²) in [6.45, 7) is 4.01. The van der Waals surface area contributed by atoms with Crippen molar-refractivity contribution in [3.63, 3.8) is 0 Å². The fourth-order valence-electron chi connectivity index (χ4n) is 2.29. The number of rotatable bonds is 2. The lowest BCUT2D eigenvalue weighted by molar-refractivity contribution is 0.651. The molecule has 0 radical (unpaired) electrons. The van der Waals surface area contributed by atoms with E-state index in [0.29, 0.717) is 0 Å². The lowest BCUT2D eigenvalue weighted by Crippen LogP contribution is -2.46. The molecule has 0 atom stereocenters. The minimum Gasteiger partial charge on any atom is -0.399 e. The first-order valence-electron chi connectivity index (χ1n) is 6.18. The smallest absolute Gasteiger partial charge is 0.185 e. The Hall–Kier alpha value is -1.27. The molecule has 0 bridgehead atoms. The van der Waals surface area contributed by atoms with Gasteiger partial charge < -0.3 is 15.5 Å². The van der Waals surface area contributed by atoms with E-state index in [1.54, 1.807) is 11.3 Å². The third kappa shape index (κ3) is 2.69. The molecule has 19 heavy (non-hydrogen) atoms. The summed E-state index contributed by atoms with van der Waals surface area (Å²) < 4.78 is 1.06. The van der Waals surface area contributed by atoms with Crippen molar-refractivity contribution < 1.29 is 0 Å². The summed E-state index contributed by atoms with van der Waals surface area (Å²) in [5.41, 5.74) is 7.78. The number of nitrogen functional groups attached to an aromatic ring is 1. The highest BCUT2D eigenvalue weighted by molar-refractivity contribution is 9.10. The van der Waals surface area contributed by atoms with E-state index in [2.05, 4.69) is 36.8 Å². The van der Waals surface area contributed by atoms with Crippen molar-refractivity contribution in [2.24, 2.45) is 0 Å². The van der Waals surface area contributed by atoms with Crippen molar-refractivity contribution in [3.8, 4) is 0 Å². The Morgan fingerprint density at radius 1 is 1.16 bits per heavy atom. The largest absolute Gasteiger partial charge is 0.399 e. The Morgan fingerprint density at radius 2 is 1.89 bits per heavy atom. The van der Waals surface area contributed by atoms with Crippen molar-refractivity contribution >= 4 is 43.8 Å². The van der Waals surface area contributed by atoms with Gasteiger partial charge in [-0.15, -0.1) is 11.3 Å². The van der Waals surface area contributed by atoms with E-state index >= 15 is 0 Å². The van der Waals surface area contributed by atoms with Gasteiger partial charge in [0.05, 0.1) is 5.69 Å². The molecule has 2 heterocycles. The van der Waals surface area contributed by atoms with Crippen LogP contribution in [0.25, 0.3) is 0 Å². The quantitative estimate of drug-likeness (QED) is 0.855. The maximum atomic E-state index is 5.78. The van der Waals surface area contributed by atoms with Gasteiger partial charge in [0.2, 0.25) is 0 Å². The first-order chi connectivity index (χ1) is 9.24. The van der Waals surface area contributed by atoms with Gasteiger partial charge in [0.15, 0.2) is 5.13 Å². The number of nitrogens with two attached hydrogens (primary N) is 1. The van der Waals surface area contributed by atoms with Crippen LogP contribution in [-0.4, -0.2) is 31.2 Å². The summed E-state index contributed by atoms with van der Waals surface area (Å²) in [7, 11) is 0. The predicted molar refractivity (Wildman–Crippen MR) is 85.1 cm³/mol. The summed E-state index contributed by atoms with van der Waals surface area (Å²) in [4.78, 5) is 9.09. The molecule has 4 nitrogen and oxygen atoms in total. The fourth-order valence-corrected chi connectivity index (χ4v) is 3.63. The van der Waals surface area contributed by atoms with Gasteiger partial charge in [-0.2, -0.15) is 0 Å². The number of halogens is 1. The van der Waals surface area contributed by atoms with Crippen LogP contribution < -0.4 is 15.5 Å². The van der Waals surface area contributed by atoms with Gasteiger partial charge in [0.25, 0.3) is 0 Å². The van der Waals surface area contributed by atoms with Crippen molar-refractivity contribution in [3.05, 3.63) is 34.2 Å². The van der Waals surface area contributed by atoms with Crippen LogP contribution in [0.5, 0.6) is 0 Å².